The average Bonchev–Trinajstić information content (AvgIpc) is 3.09. The van der Waals surface area contributed by atoms with Crippen molar-refractivity contribution >= 4 is 34.7 Å². The lowest BCUT2D eigenvalue weighted by Crippen LogP contribution is -2.29. The molecule has 1 N–H and O–H groups in total. The molecule has 2 aromatic carbocycles. The minimum atomic E-state index is -0.946. The van der Waals surface area contributed by atoms with Crippen LogP contribution in [-0.4, -0.2) is 36.0 Å². The van der Waals surface area contributed by atoms with Gasteiger partial charge in [0.15, 0.2) is 0 Å². The third-order valence-corrected chi connectivity index (χ3v) is 5.72. The third kappa shape index (κ3) is 3.91. The van der Waals surface area contributed by atoms with Gasteiger partial charge in [0.25, 0.3) is 11.7 Å². The fourth-order valence-corrected chi connectivity index (χ4v) is 4.13. The Morgan fingerprint density at radius 1 is 1.03 bits per heavy atom. The van der Waals surface area contributed by atoms with Crippen LogP contribution < -0.4 is 14.4 Å². The summed E-state index contributed by atoms with van der Waals surface area (Å²) in [6.07, 6.45) is 1.57. The largest absolute Gasteiger partial charge is 0.507 e. The van der Waals surface area contributed by atoms with Crippen LogP contribution in [0.2, 0.25) is 5.02 Å². The topological polar surface area (TPSA) is 89.0 Å². The summed E-state index contributed by atoms with van der Waals surface area (Å²) in [5.74, 6) is -1.45. The predicted octanol–water partition coefficient (Wildman–Crippen LogP) is 4.69. The number of benzene rings is 2. The lowest BCUT2D eigenvalue weighted by molar-refractivity contribution is -0.132. The Kier molecular flexibility index (Phi) is 6.07. The van der Waals surface area contributed by atoms with Crippen LogP contribution in [0.3, 0.4) is 0 Å². The third-order valence-electron chi connectivity index (χ3n) is 5.42. The van der Waals surface area contributed by atoms with Gasteiger partial charge < -0.3 is 14.6 Å². The molecular formula is C25H21ClN2O5. The van der Waals surface area contributed by atoms with E-state index in [4.69, 9.17) is 21.1 Å². The molecule has 1 amide bonds. The number of carbonyl (C=O) groups excluding carboxylic acids is 2. The zero-order valence-corrected chi connectivity index (χ0v) is 19.0. The van der Waals surface area contributed by atoms with Gasteiger partial charge in [0.05, 0.1) is 36.1 Å². The summed E-state index contributed by atoms with van der Waals surface area (Å²) >= 11 is 6.28. The lowest BCUT2D eigenvalue weighted by atomic mass is 9.97. The molecule has 1 fully saturated rings. The maximum absolute atomic E-state index is 13.2. The second kappa shape index (κ2) is 8.96. The van der Waals surface area contributed by atoms with Crippen molar-refractivity contribution in [2.45, 2.75) is 13.0 Å². The number of ether oxygens (including phenoxy) is 2. The van der Waals surface area contributed by atoms with Crippen LogP contribution in [0.4, 0.5) is 5.69 Å². The molecule has 8 heteroatoms. The van der Waals surface area contributed by atoms with E-state index in [9.17, 15) is 14.7 Å². The average molecular weight is 465 g/mol. The van der Waals surface area contributed by atoms with E-state index in [0.717, 1.165) is 5.56 Å². The molecule has 0 radical (unpaired) electrons. The number of methoxy groups -OCH3 is 2. The molecule has 3 aromatic rings. The number of hydrogen-bond acceptors (Lipinski definition) is 6. The number of pyridine rings is 1. The molecule has 0 saturated carbocycles. The summed E-state index contributed by atoms with van der Waals surface area (Å²) < 4.78 is 10.6. The number of halogens is 1. The number of aromatic nitrogens is 1. The number of aliphatic hydroxyl groups excluding tert-OH is 1. The van der Waals surface area contributed by atoms with E-state index in [0.29, 0.717) is 17.1 Å². The first kappa shape index (κ1) is 22.4. The van der Waals surface area contributed by atoms with Crippen molar-refractivity contribution in [2.75, 3.05) is 19.1 Å². The fraction of sp³-hybridized carbons (Fsp3) is 0.160. The molecule has 33 heavy (non-hydrogen) atoms. The Balaban J connectivity index is 1.98. The smallest absolute Gasteiger partial charge is 0.300 e. The van der Waals surface area contributed by atoms with E-state index in [1.807, 2.05) is 13.0 Å². The van der Waals surface area contributed by atoms with Gasteiger partial charge in [0.2, 0.25) is 0 Å². The van der Waals surface area contributed by atoms with Gasteiger partial charge >= 0.3 is 0 Å². The van der Waals surface area contributed by atoms with Gasteiger partial charge in [0.1, 0.15) is 23.3 Å². The van der Waals surface area contributed by atoms with Crippen LogP contribution in [0.5, 0.6) is 11.5 Å². The molecule has 0 spiro atoms. The molecule has 7 nitrogen and oxygen atoms in total. The molecule has 0 aliphatic carbocycles. The number of amides is 1. The van der Waals surface area contributed by atoms with Gasteiger partial charge in [-0.2, -0.15) is 0 Å². The molecule has 1 unspecified atom stereocenters. The molecule has 2 heterocycles. The van der Waals surface area contributed by atoms with Gasteiger partial charge in [-0.05, 0) is 42.8 Å². The molecule has 0 bridgehead atoms. The Hall–Kier alpha value is -3.84. The molecule has 1 aliphatic heterocycles. The van der Waals surface area contributed by atoms with Crippen LogP contribution in [0.1, 0.15) is 22.9 Å². The molecule has 4 rings (SSSR count). The Bertz CT molecular complexity index is 1270. The number of ketones is 1. The van der Waals surface area contributed by atoms with Crippen molar-refractivity contribution in [1.82, 2.24) is 4.98 Å². The maximum Gasteiger partial charge on any atom is 0.300 e. The fourth-order valence-electron chi connectivity index (χ4n) is 3.88. The molecule has 168 valence electrons. The van der Waals surface area contributed by atoms with Crippen LogP contribution >= 0.6 is 11.6 Å². The van der Waals surface area contributed by atoms with Gasteiger partial charge in [-0.1, -0.05) is 29.8 Å². The summed E-state index contributed by atoms with van der Waals surface area (Å²) in [4.78, 5) is 32.2. The van der Waals surface area contributed by atoms with Crippen molar-refractivity contribution in [1.29, 1.82) is 0 Å². The maximum atomic E-state index is 13.2. The number of nitrogens with zero attached hydrogens (tertiary/aromatic N) is 2. The van der Waals surface area contributed by atoms with Crippen molar-refractivity contribution in [3.63, 3.8) is 0 Å². The zero-order valence-electron chi connectivity index (χ0n) is 18.2. The predicted molar refractivity (Wildman–Crippen MR) is 125 cm³/mol. The van der Waals surface area contributed by atoms with Crippen molar-refractivity contribution in [2.24, 2.45) is 0 Å². The molecular weight excluding hydrogens is 444 g/mol. The van der Waals surface area contributed by atoms with Gasteiger partial charge in [0, 0.05) is 18.0 Å². The quantitative estimate of drug-likeness (QED) is 0.335. The van der Waals surface area contributed by atoms with Crippen LogP contribution in [-0.2, 0) is 9.59 Å². The number of Topliss-reactive ketones (excluding diaryl/α,β-unsaturated/α-hetero) is 1. The lowest BCUT2D eigenvalue weighted by Gasteiger charge is -2.25. The van der Waals surface area contributed by atoms with E-state index < -0.39 is 23.5 Å². The number of aliphatic hydroxyl groups is 1. The number of aryl methyl sites for hydroxylation is 1. The number of rotatable bonds is 5. The second-order valence-corrected chi connectivity index (χ2v) is 7.86. The minimum Gasteiger partial charge on any atom is -0.507 e. The molecule has 1 aromatic heterocycles. The minimum absolute atomic E-state index is 0.111. The van der Waals surface area contributed by atoms with E-state index in [1.165, 1.54) is 31.3 Å². The first-order valence-electron chi connectivity index (χ1n) is 10.1. The number of hydrogen-bond donors (Lipinski definition) is 1. The van der Waals surface area contributed by atoms with Crippen LogP contribution in [0.25, 0.3) is 5.76 Å². The highest BCUT2D eigenvalue weighted by molar-refractivity contribution is 6.51. The highest BCUT2D eigenvalue weighted by Gasteiger charge is 2.48. The summed E-state index contributed by atoms with van der Waals surface area (Å²) in [5, 5.41) is 11.5. The van der Waals surface area contributed by atoms with Crippen LogP contribution in [0, 0.1) is 6.92 Å². The Labute approximate surface area is 195 Å². The van der Waals surface area contributed by atoms with Gasteiger partial charge in [-0.15, -0.1) is 0 Å². The van der Waals surface area contributed by atoms with Gasteiger partial charge in [-0.3, -0.25) is 19.5 Å². The highest BCUT2D eigenvalue weighted by atomic mass is 35.5. The van der Waals surface area contributed by atoms with E-state index in [1.54, 1.807) is 42.6 Å². The summed E-state index contributed by atoms with van der Waals surface area (Å²) in [5.41, 5.74) is 1.91. The highest BCUT2D eigenvalue weighted by Crippen LogP contribution is 2.44. The standard InChI is InChI=1S/C25H21ClN2O5/c1-14-7-6-8-15(11-14)28-22(18-9-4-5-10-27-18)21(24(30)25(28)31)23(29)16-12-17(26)20(33-3)13-19(16)32-2/h4-13,22,29H,1-3H3/b23-21+. The molecule has 1 aliphatic rings. The van der Waals surface area contributed by atoms with E-state index in [-0.39, 0.29) is 21.9 Å². The first-order valence-corrected chi connectivity index (χ1v) is 10.5. The van der Waals surface area contributed by atoms with Crippen LogP contribution in [0.15, 0.2) is 66.4 Å². The SMILES string of the molecule is COc1cc(OC)c(/C(O)=C2\C(=O)C(=O)N(c3cccc(C)c3)C2c2ccccn2)cc1Cl. The summed E-state index contributed by atoms with van der Waals surface area (Å²) in [6, 6.07) is 14.4. The zero-order chi connectivity index (χ0) is 23.7. The Morgan fingerprint density at radius 3 is 2.42 bits per heavy atom. The normalized spacial score (nSPS) is 17.3. The summed E-state index contributed by atoms with van der Waals surface area (Å²) in [7, 11) is 2.87. The Morgan fingerprint density at radius 2 is 1.79 bits per heavy atom. The monoisotopic (exact) mass is 464 g/mol. The second-order valence-electron chi connectivity index (χ2n) is 7.45. The molecule has 1 atom stereocenters. The number of carbonyl (C=O) groups is 2. The van der Waals surface area contributed by atoms with Crippen molar-refractivity contribution < 1.29 is 24.2 Å². The van der Waals surface area contributed by atoms with E-state index >= 15 is 0 Å². The summed E-state index contributed by atoms with van der Waals surface area (Å²) in [6.45, 7) is 1.89. The first-order chi connectivity index (χ1) is 15.9. The van der Waals surface area contributed by atoms with E-state index in [2.05, 4.69) is 4.98 Å². The van der Waals surface area contributed by atoms with Gasteiger partial charge in [-0.25, -0.2) is 0 Å². The molecule has 1 saturated heterocycles. The number of anilines is 1. The van der Waals surface area contributed by atoms with Crippen molar-refractivity contribution in [3.05, 3.63) is 88.2 Å². The van der Waals surface area contributed by atoms with Crippen molar-refractivity contribution in [3.8, 4) is 11.5 Å².